The largest absolute Gasteiger partial charge is 0.480 e. The minimum Gasteiger partial charge on any atom is -0.480 e. The number of thioether (sulfide) groups is 1. The second-order valence-corrected chi connectivity index (χ2v) is 6.21. The van der Waals surface area contributed by atoms with Gasteiger partial charge in [0.15, 0.2) is 0 Å². The molecule has 6 heteroatoms. The zero-order chi connectivity index (χ0) is 15.0. The van der Waals surface area contributed by atoms with E-state index in [0.29, 0.717) is 6.42 Å². The van der Waals surface area contributed by atoms with Crippen LogP contribution in [0.1, 0.15) is 45.4 Å². The highest BCUT2D eigenvalue weighted by atomic mass is 32.2. The van der Waals surface area contributed by atoms with Crippen molar-refractivity contribution in [1.29, 1.82) is 0 Å². The second kappa shape index (κ2) is 9.10. The van der Waals surface area contributed by atoms with Crippen LogP contribution in [-0.4, -0.2) is 52.6 Å². The van der Waals surface area contributed by atoms with Crippen molar-refractivity contribution >= 4 is 23.8 Å². The van der Waals surface area contributed by atoms with Crippen molar-refractivity contribution in [2.45, 2.75) is 57.5 Å². The summed E-state index contributed by atoms with van der Waals surface area (Å²) in [5.74, 6) is -0.218. The molecule has 1 saturated heterocycles. The van der Waals surface area contributed by atoms with E-state index in [1.54, 1.807) is 11.8 Å². The standard InChI is InChI=1S/C14H26N2O3S/c1-3-11-7-5-4-6-9-16(11)14(19)15-12(13(17)18)8-10-20-2/h11-12H,3-10H2,1-2H3,(H,15,19)(H,17,18). The topological polar surface area (TPSA) is 69.6 Å². The third-order valence-electron chi connectivity index (χ3n) is 3.82. The molecule has 0 aromatic rings. The Morgan fingerprint density at radius 1 is 1.40 bits per heavy atom. The summed E-state index contributed by atoms with van der Waals surface area (Å²) in [5, 5.41) is 11.9. The Labute approximate surface area is 125 Å². The van der Waals surface area contributed by atoms with E-state index in [1.165, 1.54) is 0 Å². The molecule has 1 aliphatic heterocycles. The SMILES string of the molecule is CCC1CCCCCN1C(=O)NC(CCSC)C(=O)O. The first-order valence-corrected chi connectivity index (χ1v) is 8.78. The molecule has 0 radical (unpaired) electrons. The molecular weight excluding hydrogens is 276 g/mol. The van der Waals surface area contributed by atoms with Gasteiger partial charge in [-0.25, -0.2) is 9.59 Å². The van der Waals surface area contributed by atoms with Gasteiger partial charge in [-0.05, 0) is 37.7 Å². The van der Waals surface area contributed by atoms with E-state index >= 15 is 0 Å². The lowest BCUT2D eigenvalue weighted by Gasteiger charge is -2.30. The van der Waals surface area contributed by atoms with Crippen LogP contribution in [0.2, 0.25) is 0 Å². The van der Waals surface area contributed by atoms with Crippen molar-refractivity contribution in [3.05, 3.63) is 0 Å². The van der Waals surface area contributed by atoms with E-state index in [-0.39, 0.29) is 12.1 Å². The predicted molar refractivity (Wildman–Crippen MR) is 82.2 cm³/mol. The molecule has 0 aromatic carbocycles. The minimum absolute atomic E-state index is 0.216. The summed E-state index contributed by atoms with van der Waals surface area (Å²) >= 11 is 1.59. The van der Waals surface area contributed by atoms with Crippen LogP contribution in [0.25, 0.3) is 0 Å². The fraction of sp³-hybridized carbons (Fsp3) is 0.857. The lowest BCUT2D eigenvalue weighted by atomic mass is 10.1. The van der Waals surface area contributed by atoms with Crippen LogP contribution >= 0.6 is 11.8 Å². The van der Waals surface area contributed by atoms with E-state index in [0.717, 1.165) is 44.4 Å². The number of hydrogen-bond acceptors (Lipinski definition) is 3. The summed E-state index contributed by atoms with van der Waals surface area (Å²) in [6.45, 7) is 2.82. The number of carboxylic acids is 1. The first-order valence-electron chi connectivity index (χ1n) is 7.39. The van der Waals surface area contributed by atoms with Crippen LogP contribution in [0.5, 0.6) is 0 Å². The number of urea groups is 1. The maximum absolute atomic E-state index is 12.3. The summed E-state index contributed by atoms with van der Waals surface area (Å²) in [4.78, 5) is 25.4. The average molecular weight is 302 g/mol. The molecular formula is C14H26N2O3S. The van der Waals surface area contributed by atoms with E-state index in [2.05, 4.69) is 12.2 Å². The van der Waals surface area contributed by atoms with Crippen molar-refractivity contribution in [2.75, 3.05) is 18.6 Å². The van der Waals surface area contributed by atoms with Crippen LogP contribution in [0, 0.1) is 0 Å². The van der Waals surface area contributed by atoms with Gasteiger partial charge < -0.3 is 15.3 Å². The van der Waals surface area contributed by atoms with Gasteiger partial charge in [0.25, 0.3) is 0 Å². The average Bonchev–Trinajstić information content (AvgIpc) is 2.67. The number of rotatable bonds is 6. The van der Waals surface area contributed by atoms with Gasteiger partial charge in [0.1, 0.15) is 6.04 Å². The third-order valence-corrected chi connectivity index (χ3v) is 4.46. The number of carbonyl (C=O) groups excluding carboxylic acids is 1. The molecule has 0 aromatic heterocycles. The van der Waals surface area contributed by atoms with Crippen molar-refractivity contribution in [2.24, 2.45) is 0 Å². The summed E-state index contributed by atoms with van der Waals surface area (Å²) in [5.41, 5.74) is 0. The van der Waals surface area contributed by atoms with Crippen LogP contribution in [0.4, 0.5) is 4.79 Å². The first kappa shape index (κ1) is 17.1. The highest BCUT2D eigenvalue weighted by molar-refractivity contribution is 7.98. The highest BCUT2D eigenvalue weighted by Crippen LogP contribution is 2.19. The maximum atomic E-state index is 12.3. The van der Waals surface area contributed by atoms with Gasteiger partial charge >= 0.3 is 12.0 Å². The van der Waals surface area contributed by atoms with Crippen LogP contribution in [0.3, 0.4) is 0 Å². The molecule has 2 unspecified atom stereocenters. The fourth-order valence-electron chi connectivity index (χ4n) is 2.59. The van der Waals surface area contributed by atoms with Crippen molar-refractivity contribution < 1.29 is 14.7 Å². The summed E-state index contributed by atoms with van der Waals surface area (Å²) in [7, 11) is 0. The number of hydrogen-bond donors (Lipinski definition) is 2. The first-order chi connectivity index (χ1) is 9.60. The number of amides is 2. The second-order valence-electron chi connectivity index (χ2n) is 5.23. The Morgan fingerprint density at radius 3 is 2.75 bits per heavy atom. The molecule has 0 saturated carbocycles. The predicted octanol–water partition coefficient (Wildman–Crippen LogP) is 2.56. The monoisotopic (exact) mass is 302 g/mol. The van der Waals surface area contributed by atoms with E-state index in [1.807, 2.05) is 11.2 Å². The van der Waals surface area contributed by atoms with Gasteiger partial charge in [-0.3, -0.25) is 0 Å². The molecule has 2 amide bonds. The summed E-state index contributed by atoms with van der Waals surface area (Å²) in [6, 6.07) is -0.754. The lowest BCUT2D eigenvalue weighted by Crippen LogP contribution is -2.51. The molecule has 1 fully saturated rings. The van der Waals surface area contributed by atoms with Gasteiger partial charge in [-0.15, -0.1) is 0 Å². The zero-order valence-corrected chi connectivity index (χ0v) is 13.2. The normalized spacial score (nSPS) is 21.1. The number of aliphatic carboxylic acids is 1. The van der Waals surface area contributed by atoms with E-state index < -0.39 is 12.0 Å². The Balaban J connectivity index is 2.62. The van der Waals surface area contributed by atoms with Gasteiger partial charge in [-0.2, -0.15) is 11.8 Å². The Bertz CT molecular complexity index is 326. The number of nitrogens with one attached hydrogen (secondary N) is 1. The molecule has 1 heterocycles. The van der Waals surface area contributed by atoms with E-state index in [4.69, 9.17) is 0 Å². The van der Waals surface area contributed by atoms with Crippen LogP contribution in [-0.2, 0) is 4.79 Å². The third kappa shape index (κ3) is 5.23. The fourth-order valence-corrected chi connectivity index (χ4v) is 3.07. The molecule has 0 aliphatic carbocycles. The van der Waals surface area contributed by atoms with Gasteiger partial charge in [0.05, 0.1) is 0 Å². The van der Waals surface area contributed by atoms with E-state index in [9.17, 15) is 14.7 Å². The van der Waals surface area contributed by atoms with Crippen molar-refractivity contribution in [3.63, 3.8) is 0 Å². The Morgan fingerprint density at radius 2 is 2.15 bits per heavy atom. The molecule has 1 rings (SSSR count). The molecule has 0 bridgehead atoms. The molecule has 5 nitrogen and oxygen atoms in total. The van der Waals surface area contributed by atoms with Crippen LogP contribution in [0.15, 0.2) is 0 Å². The van der Waals surface area contributed by atoms with Gasteiger partial charge in [0.2, 0.25) is 0 Å². The molecule has 20 heavy (non-hydrogen) atoms. The molecule has 2 atom stereocenters. The van der Waals surface area contributed by atoms with Crippen molar-refractivity contribution in [3.8, 4) is 0 Å². The quantitative estimate of drug-likeness (QED) is 0.791. The molecule has 0 spiro atoms. The smallest absolute Gasteiger partial charge is 0.326 e. The minimum atomic E-state index is -0.949. The zero-order valence-electron chi connectivity index (χ0n) is 12.4. The number of carboxylic acid groups (broad SMARTS) is 1. The number of nitrogens with zero attached hydrogens (tertiary/aromatic N) is 1. The molecule has 1 aliphatic rings. The van der Waals surface area contributed by atoms with Crippen molar-refractivity contribution in [1.82, 2.24) is 10.2 Å². The number of likely N-dealkylation sites (tertiary alicyclic amines) is 1. The Hall–Kier alpha value is -0.910. The molecule has 116 valence electrons. The number of carbonyl (C=O) groups is 2. The summed E-state index contributed by atoms with van der Waals surface area (Å²) < 4.78 is 0. The lowest BCUT2D eigenvalue weighted by molar-refractivity contribution is -0.139. The van der Waals surface area contributed by atoms with Crippen LogP contribution < -0.4 is 5.32 Å². The highest BCUT2D eigenvalue weighted by Gasteiger charge is 2.27. The van der Waals surface area contributed by atoms with Gasteiger partial charge in [0, 0.05) is 12.6 Å². The maximum Gasteiger partial charge on any atom is 0.326 e. The summed E-state index contributed by atoms with van der Waals surface area (Å²) in [6.07, 6.45) is 7.65. The Kier molecular flexibility index (Phi) is 7.80. The molecule has 2 N–H and O–H groups in total. The van der Waals surface area contributed by atoms with Gasteiger partial charge in [-0.1, -0.05) is 19.8 Å².